The Hall–Kier alpha value is -1.61. The van der Waals surface area contributed by atoms with Gasteiger partial charge in [0.05, 0.1) is 0 Å². The molecule has 0 saturated carbocycles. The summed E-state index contributed by atoms with van der Waals surface area (Å²) in [5.74, 6) is 0.453. The fraction of sp³-hybridized carbons (Fsp3) is 0. The molecule has 0 atom stereocenters. The fourth-order valence-corrected chi connectivity index (χ4v) is 0.938. The van der Waals surface area contributed by atoms with Gasteiger partial charge in [0.25, 0.3) is 6.47 Å². The molecule has 0 N–H and O–H groups in total. The number of carbonyl (C=O) groups excluding carboxylic acids is 2. The number of hydrogen-bond acceptors (Lipinski definition) is 3. The van der Waals surface area contributed by atoms with Crippen LogP contribution in [0, 0.1) is 0 Å². The zero-order valence-corrected chi connectivity index (χ0v) is 7.90. The van der Waals surface area contributed by atoms with Crippen molar-refractivity contribution in [2.45, 2.75) is 0 Å². The zero-order valence-electron chi connectivity index (χ0n) is 7.14. The van der Waals surface area contributed by atoms with Gasteiger partial charge < -0.3 is 4.74 Å². The molecule has 0 aromatic heterocycles. The lowest BCUT2D eigenvalue weighted by Crippen LogP contribution is -1.87. The number of halogens is 1. The number of hydrogen-bond donors (Lipinski definition) is 0. The monoisotopic (exact) mass is 210 g/mol. The Labute approximate surface area is 85.9 Å². The van der Waals surface area contributed by atoms with Gasteiger partial charge in [-0.2, -0.15) is 0 Å². The fourth-order valence-electron chi connectivity index (χ4n) is 0.875. The van der Waals surface area contributed by atoms with E-state index in [4.69, 9.17) is 11.6 Å². The molecule has 1 aromatic rings. The molecule has 0 spiro atoms. The second-order valence-electron chi connectivity index (χ2n) is 2.42. The van der Waals surface area contributed by atoms with Gasteiger partial charge in [0.2, 0.25) is 5.24 Å². The van der Waals surface area contributed by atoms with Crippen LogP contribution in [0.2, 0.25) is 0 Å². The summed E-state index contributed by atoms with van der Waals surface area (Å²) in [4.78, 5) is 20.4. The number of allylic oxidation sites excluding steroid dienone is 1. The molecule has 72 valence electrons. The molecule has 1 aromatic carbocycles. The van der Waals surface area contributed by atoms with Crippen molar-refractivity contribution in [2.24, 2.45) is 0 Å². The molecule has 0 unspecified atom stereocenters. The van der Waals surface area contributed by atoms with Gasteiger partial charge in [0, 0.05) is 0 Å². The minimum atomic E-state index is -0.529. The van der Waals surface area contributed by atoms with Crippen molar-refractivity contribution >= 4 is 29.4 Å². The highest BCUT2D eigenvalue weighted by Gasteiger charge is 1.92. The molecule has 0 aliphatic heterocycles. The van der Waals surface area contributed by atoms with Crippen LogP contribution in [-0.4, -0.2) is 11.7 Å². The van der Waals surface area contributed by atoms with E-state index in [1.165, 1.54) is 6.08 Å². The third kappa shape index (κ3) is 3.41. The number of benzene rings is 1. The lowest BCUT2D eigenvalue weighted by Gasteiger charge is -1.96. The van der Waals surface area contributed by atoms with Crippen molar-refractivity contribution in [3.63, 3.8) is 0 Å². The van der Waals surface area contributed by atoms with E-state index in [1.54, 1.807) is 30.3 Å². The molecule has 14 heavy (non-hydrogen) atoms. The van der Waals surface area contributed by atoms with Crippen molar-refractivity contribution in [1.29, 1.82) is 0 Å². The highest BCUT2D eigenvalue weighted by atomic mass is 35.5. The third-order valence-electron chi connectivity index (χ3n) is 1.47. The Kier molecular flexibility index (Phi) is 3.88. The maximum absolute atomic E-state index is 10.4. The molecule has 3 nitrogen and oxygen atoms in total. The topological polar surface area (TPSA) is 43.4 Å². The van der Waals surface area contributed by atoms with Crippen molar-refractivity contribution in [3.05, 3.63) is 35.9 Å². The van der Waals surface area contributed by atoms with E-state index < -0.39 is 5.24 Å². The molecule has 0 fully saturated rings. The first kappa shape index (κ1) is 10.5. The van der Waals surface area contributed by atoms with Crippen LogP contribution in [0.4, 0.5) is 0 Å². The third-order valence-corrected chi connectivity index (χ3v) is 1.60. The molecule has 0 bridgehead atoms. The predicted molar refractivity (Wildman–Crippen MR) is 53.0 cm³/mol. The van der Waals surface area contributed by atoms with Gasteiger partial charge in [-0.15, -0.1) is 0 Å². The summed E-state index contributed by atoms with van der Waals surface area (Å²) in [5, 5.41) is -0.529. The Morgan fingerprint density at radius 2 is 1.93 bits per heavy atom. The van der Waals surface area contributed by atoms with E-state index >= 15 is 0 Å². The Bertz CT molecular complexity index is 354. The van der Waals surface area contributed by atoms with Crippen molar-refractivity contribution in [3.8, 4) is 5.75 Å². The van der Waals surface area contributed by atoms with Crippen LogP contribution in [-0.2, 0) is 9.59 Å². The maximum Gasteiger partial charge on any atom is 0.298 e. The molecule has 0 saturated heterocycles. The summed E-state index contributed by atoms with van der Waals surface area (Å²) in [7, 11) is 0. The van der Waals surface area contributed by atoms with Gasteiger partial charge in [-0.1, -0.05) is 18.2 Å². The maximum atomic E-state index is 10.4. The first-order valence-corrected chi connectivity index (χ1v) is 4.18. The Morgan fingerprint density at radius 3 is 2.43 bits per heavy atom. The van der Waals surface area contributed by atoms with Crippen LogP contribution >= 0.6 is 11.6 Å². The molecule has 0 heterocycles. The molecule has 0 aliphatic carbocycles. The van der Waals surface area contributed by atoms with Crippen LogP contribution in [0.15, 0.2) is 30.3 Å². The smallest absolute Gasteiger partial charge is 0.298 e. The summed E-state index contributed by atoms with van der Waals surface area (Å²) < 4.78 is 4.59. The predicted octanol–water partition coefficient (Wildman–Crippen LogP) is 2.00. The highest BCUT2D eigenvalue weighted by Crippen LogP contribution is 2.12. The highest BCUT2D eigenvalue weighted by molar-refractivity contribution is 6.66. The van der Waals surface area contributed by atoms with Crippen molar-refractivity contribution in [2.75, 3.05) is 0 Å². The number of rotatable bonds is 4. The average molecular weight is 211 g/mol. The second-order valence-corrected chi connectivity index (χ2v) is 2.79. The molecular formula is C10H7ClO3. The molecular weight excluding hydrogens is 204 g/mol. The summed E-state index contributed by atoms with van der Waals surface area (Å²) >= 11 is 5.11. The first-order valence-electron chi connectivity index (χ1n) is 3.80. The first-order chi connectivity index (χ1) is 6.72. The lowest BCUT2D eigenvalue weighted by atomic mass is 10.2. The van der Waals surface area contributed by atoms with E-state index in [9.17, 15) is 9.59 Å². The minimum Gasteiger partial charge on any atom is -0.429 e. The van der Waals surface area contributed by atoms with Crippen molar-refractivity contribution < 1.29 is 14.3 Å². The van der Waals surface area contributed by atoms with Gasteiger partial charge >= 0.3 is 0 Å². The molecule has 0 aliphatic rings. The van der Waals surface area contributed by atoms with Crippen LogP contribution < -0.4 is 4.74 Å². The molecule has 0 radical (unpaired) electrons. The molecule has 0 amide bonds. The average Bonchev–Trinajstić information content (AvgIpc) is 2.17. The normalized spacial score (nSPS) is 10.1. The van der Waals surface area contributed by atoms with Gasteiger partial charge in [-0.25, -0.2) is 0 Å². The van der Waals surface area contributed by atoms with E-state index in [1.807, 2.05) is 0 Å². The number of carbonyl (C=O) groups is 2. The van der Waals surface area contributed by atoms with E-state index in [0.29, 0.717) is 12.2 Å². The van der Waals surface area contributed by atoms with Crippen LogP contribution in [0.1, 0.15) is 5.56 Å². The van der Waals surface area contributed by atoms with Crippen LogP contribution in [0.25, 0.3) is 6.08 Å². The largest absolute Gasteiger partial charge is 0.429 e. The summed E-state index contributed by atoms with van der Waals surface area (Å²) in [6, 6.07) is 6.64. The van der Waals surface area contributed by atoms with E-state index in [2.05, 4.69) is 4.74 Å². The Morgan fingerprint density at radius 1 is 1.29 bits per heavy atom. The SMILES string of the molecule is O=COc1ccc(/C=C/C(=O)Cl)cc1. The zero-order chi connectivity index (χ0) is 10.4. The van der Waals surface area contributed by atoms with Gasteiger partial charge in [-0.3, -0.25) is 9.59 Å². The summed E-state index contributed by atoms with van der Waals surface area (Å²) in [6.45, 7) is 0.354. The van der Waals surface area contributed by atoms with E-state index in [0.717, 1.165) is 5.56 Å². The quantitative estimate of drug-likeness (QED) is 0.434. The van der Waals surface area contributed by atoms with Crippen LogP contribution in [0.3, 0.4) is 0 Å². The van der Waals surface area contributed by atoms with Gasteiger partial charge in [0.15, 0.2) is 0 Å². The summed E-state index contributed by atoms with van der Waals surface area (Å²) in [6.07, 6.45) is 2.82. The standard InChI is InChI=1S/C10H7ClO3/c11-10(13)6-3-8-1-4-9(5-2-8)14-7-12/h1-7H/b6-3+. The second kappa shape index (κ2) is 5.19. The van der Waals surface area contributed by atoms with Gasteiger partial charge in [-0.05, 0) is 35.4 Å². The molecule has 4 heteroatoms. The van der Waals surface area contributed by atoms with Crippen molar-refractivity contribution in [1.82, 2.24) is 0 Å². The molecule has 1 rings (SSSR count). The van der Waals surface area contributed by atoms with Gasteiger partial charge in [0.1, 0.15) is 5.75 Å². The number of ether oxygens (including phenoxy) is 1. The summed E-state index contributed by atoms with van der Waals surface area (Å²) in [5.41, 5.74) is 0.803. The van der Waals surface area contributed by atoms with E-state index in [-0.39, 0.29) is 0 Å². The Balaban J connectivity index is 2.73. The lowest BCUT2D eigenvalue weighted by molar-refractivity contribution is -0.120. The van der Waals surface area contributed by atoms with Crippen LogP contribution in [0.5, 0.6) is 5.75 Å². The minimum absolute atomic E-state index is 0.354.